The third kappa shape index (κ3) is 3.09. The van der Waals surface area contributed by atoms with Crippen LogP contribution in [0.1, 0.15) is 62.0 Å². The third-order valence-electron chi connectivity index (χ3n) is 5.75. The van der Waals surface area contributed by atoms with Gasteiger partial charge < -0.3 is 0 Å². The normalized spacial score (nSPS) is 24.3. The van der Waals surface area contributed by atoms with Gasteiger partial charge in [0.1, 0.15) is 14.3 Å². The molecule has 1 aliphatic carbocycles. The Hall–Kier alpha value is -1.57. The van der Waals surface area contributed by atoms with Crippen molar-refractivity contribution in [3.05, 3.63) is 53.9 Å². The maximum atomic E-state index is 2.43. The zero-order valence-electron chi connectivity index (χ0n) is 14.3. The van der Waals surface area contributed by atoms with Crippen LogP contribution in [-0.4, -0.2) is 7.28 Å². The predicted molar refractivity (Wildman–Crippen MR) is 96.8 cm³/mol. The van der Waals surface area contributed by atoms with E-state index < -0.39 is 0 Å². The van der Waals surface area contributed by atoms with Crippen molar-refractivity contribution in [3.63, 3.8) is 0 Å². The van der Waals surface area contributed by atoms with E-state index in [2.05, 4.69) is 68.4 Å². The van der Waals surface area contributed by atoms with Crippen LogP contribution in [0.3, 0.4) is 0 Å². The SMILES string of the molecule is CC1[B]C1c1ccc(-c2cccc(C3CCCCC3)c2)c[n+]1C. The molecule has 0 bridgehead atoms. The minimum Gasteiger partial charge on any atom is -0.205 e. The molecule has 0 N–H and O–H groups in total. The largest absolute Gasteiger partial charge is 0.205 e. The highest BCUT2D eigenvalue weighted by molar-refractivity contribution is 6.53. The van der Waals surface area contributed by atoms with Crippen LogP contribution in [0.2, 0.25) is 5.82 Å². The van der Waals surface area contributed by atoms with E-state index in [0.717, 1.165) is 11.7 Å². The summed E-state index contributed by atoms with van der Waals surface area (Å²) in [6.07, 6.45) is 9.25. The average molecular weight is 303 g/mol. The van der Waals surface area contributed by atoms with Crippen molar-refractivity contribution in [1.29, 1.82) is 0 Å². The molecule has 2 fully saturated rings. The molecule has 117 valence electrons. The summed E-state index contributed by atoms with van der Waals surface area (Å²) in [4.78, 5) is 0. The maximum Gasteiger partial charge on any atom is 0.176 e. The maximum absolute atomic E-state index is 2.43. The van der Waals surface area contributed by atoms with Gasteiger partial charge in [-0.25, -0.2) is 4.57 Å². The van der Waals surface area contributed by atoms with E-state index in [1.54, 1.807) is 0 Å². The molecular formula is C21H26BN+. The highest BCUT2D eigenvalue weighted by Gasteiger charge is 2.40. The molecular weight excluding hydrogens is 277 g/mol. The molecule has 2 unspecified atom stereocenters. The van der Waals surface area contributed by atoms with Crippen LogP contribution >= 0.6 is 0 Å². The summed E-state index contributed by atoms with van der Waals surface area (Å²) in [6.45, 7) is 2.30. The lowest BCUT2D eigenvalue weighted by Gasteiger charge is -2.22. The molecule has 2 aliphatic rings. The van der Waals surface area contributed by atoms with Crippen molar-refractivity contribution in [1.82, 2.24) is 0 Å². The average Bonchev–Trinajstić information content (AvgIpc) is 3.32. The van der Waals surface area contributed by atoms with Gasteiger partial charge in [-0.15, -0.1) is 0 Å². The summed E-state index contributed by atoms with van der Waals surface area (Å²) in [5.74, 6) is 2.17. The first kappa shape index (κ1) is 15.0. The smallest absolute Gasteiger partial charge is 0.176 e. The number of benzene rings is 1. The molecule has 23 heavy (non-hydrogen) atoms. The van der Waals surface area contributed by atoms with Gasteiger partial charge in [0, 0.05) is 17.4 Å². The van der Waals surface area contributed by atoms with Gasteiger partial charge >= 0.3 is 0 Å². The van der Waals surface area contributed by atoms with Crippen LogP contribution in [-0.2, 0) is 7.05 Å². The topological polar surface area (TPSA) is 3.88 Å². The molecule has 1 saturated carbocycles. The van der Waals surface area contributed by atoms with Crippen LogP contribution in [0.15, 0.2) is 42.6 Å². The lowest BCUT2D eigenvalue weighted by Crippen LogP contribution is -2.33. The lowest BCUT2D eigenvalue weighted by atomic mass is 9.83. The number of aryl methyl sites for hydroxylation is 1. The van der Waals surface area contributed by atoms with Gasteiger partial charge in [0.2, 0.25) is 0 Å². The Bertz CT molecular complexity index is 703. The fourth-order valence-electron chi connectivity index (χ4n) is 4.17. The minimum atomic E-state index is 0.655. The van der Waals surface area contributed by atoms with Crippen LogP contribution in [0.25, 0.3) is 11.1 Å². The Morgan fingerprint density at radius 3 is 2.48 bits per heavy atom. The molecule has 2 aromatic rings. The molecule has 2 heterocycles. The number of aromatic nitrogens is 1. The van der Waals surface area contributed by atoms with Gasteiger partial charge in [-0.3, -0.25) is 0 Å². The summed E-state index contributed by atoms with van der Waals surface area (Å²) in [5.41, 5.74) is 5.67. The Kier molecular flexibility index (Phi) is 4.01. The van der Waals surface area contributed by atoms with E-state index in [1.165, 1.54) is 54.5 Å². The molecule has 1 nitrogen and oxygen atoms in total. The van der Waals surface area contributed by atoms with Gasteiger partial charge in [-0.05, 0) is 36.0 Å². The summed E-state index contributed by atoms with van der Waals surface area (Å²) < 4.78 is 2.31. The van der Waals surface area contributed by atoms with Crippen LogP contribution < -0.4 is 4.57 Å². The second kappa shape index (κ2) is 6.15. The zero-order chi connectivity index (χ0) is 15.8. The Morgan fingerprint density at radius 1 is 1.00 bits per heavy atom. The van der Waals surface area contributed by atoms with Crippen LogP contribution in [0.5, 0.6) is 0 Å². The number of pyridine rings is 1. The molecule has 0 amide bonds. The molecule has 1 radical (unpaired) electrons. The van der Waals surface area contributed by atoms with E-state index >= 15 is 0 Å². The Labute approximate surface area is 141 Å². The molecule has 2 atom stereocenters. The monoisotopic (exact) mass is 303 g/mol. The van der Waals surface area contributed by atoms with E-state index in [0.29, 0.717) is 5.82 Å². The quantitative estimate of drug-likeness (QED) is 0.567. The van der Waals surface area contributed by atoms with Gasteiger partial charge in [0.15, 0.2) is 11.9 Å². The fraction of sp³-hybridized carbons (Fsp3) is 0.476. The van der Waals surface area contributed by atoms with Gasteiger partial charge in [-0.1, -0.05) is 56.3 Å². The van der Waals surface area contributed by atoms with Gasteiger partial charge in [0.25, 0.3) is 0 Å². The van der Waals surface area contributed by atoms with Crippen molar-refractivity contribution in [2.45, 2.75) is 56.6 Å². The zero-order valence-corrected chi connectivity index (χ0v) is 14.3. The fourth-order valence-corrected chi connectivity index (χ4v) is 4.17. The molecule has 2 heteroatoms. The van der Waals surface area contributed by atoms with E-state index in [-0.39, 0.29) is 0 Å². The molecule has 1 aromatic heterocycles. The second-order valence-electron chi connectivity index (χ2n) is 7.49. The van der Waals surface area contributed by atoms with E-state index in [1.807, 2.05) is 0 Å². The number of hydrogen-bond acceptors (Lipinski definition) is 0. The van der Waals surface area contributed by atoms with E-state index in [9.17, 15) is 0 Å². The lowest BCUT2D eigenvalue weighted by molar-refractivity contribution is -0.678. The predicted octanol–water partition coefficient (Wildman–Crippen LogP) is 4.79. The highest BCUT2D eigenvalue weighted by atomic mass is 14.9. The molecule has 1 saturated heterocycles. The first-order valence-electron chi connectivity index (χ1n) is 9.17. The molecule has 1 aliphatic heterocycles. The standard InChI is InChI=1S/C21H26BN/c1-15-21(22-15)20-12-11-19(14-23(20)2)18-10-6-9-17(13-18)16-7-4-3-5-8-16/h6,9-16,21H,3-5,7-8H2,1-2H3/q+1. The van der Waals surface area contributed by atoms with E-state index in [4.69, 9.17) is 0 Å². The molecule has 0 spiro atoms. The Balaban J connectivity index is 1.61. The molecule has 1 aromatic carbocycles. The molecule has 4 rings (SSSR count). The first-order valence-corrected chi connectivity index (χ1v) is 9.17. The van der Waals surface area contributed by atoms with Crippen molar-refractivity contribution >= 4 is 7.28 Å². The van der Waals surface area contributed by atoms with Gasteiger partial charge in [-0.2, -0.15) is 0 Å². The van der Waals surface area contributed by atoms with Crippen molar-refractivity contribution in [3.8, 4) is 11.1 Å². The Morgan fingerprint density at radius 2 is 1.78 bits per heavy atom. The summed E-state index contributed by atoms with van der Waals surface area (Å²) in [6, 6.07) is 13.9. The minimum absolute atomic E-state index is 0.655. The second-order valence-corrected chi connectivity index (χ2v) is 7.49. The summed E-state index contributed by atoms with van der Waals surface area (Å²) >= 11 is 0. The van der Waals surface area contributed by atoms with Gasteiger partial charge in [0.05, 0.1) is 0 Å². The van der Waals surface area contributed by atoms with Crippen molar-refractivity contribution in [2.24, 2.45) is 7.05 Å². The van der Waals surface area contributed by atoms with Crippen LogP contribution in [0.4, 0.5) is 0 Å². The number of hydrogen-bond donors (Lipinski definition) is 0. The first-order chi connectivity index (χ1) is 11.2. The summed E-state index contributed by atoms with van der Waals surface area (Å²) in [5, 5.41) is 0. The third-order valence-corrected chi connectivity index (χ3v) is 5.75. The van der Waals surface area contributed by atoms with Crippen molar-refractivity contribution in [2.75, 3.05) is 0 Å². The number of nitrogens with zero attached hydrogens (tertiary/aromatic N) is 1. The van der Waals surface area contributed by atoms with Crippen molar-refractivity contribution < 1.29 is 4.57 Å². The highest BCUT2D eigenvalue weighted by Crippen LogP contribution is 2.42. The number of rotatable bonds is 3. The van der Waals surface area contributed by atoms with Crippen LogP contribution in [0, 0.1) is 0 Å². The summed E-state index contributed by atoms with van der Waals surface area (Å²) in [7, 11) is 4.60.